The maximum Gasteiger partial charge on any atom is 0.421 e. The summed E-state index contributed by atoms with van der Waals surface area (Å²) in [5, 5.41) is 2.99. The zero-order chi connectivity index (χ0) is 25.0. The third-order valence-corrected chi connectivity index (χ3v) is 6.95. The highest BCUT2D eigenvalue weighted by atomic mass is 32.2. The molecule has 0 bridgehead atoms. The highest BCUT2D eigenvalue weighted by molar-refractivity contribution is 7.98. The number of benzene rings is 2. The second-order valence-electron chi connectivity index (χ2n) is 8.49. The van der Waals surface area contributed by atoms with Gasteiger partial charge < -0.3 is 10.2 Å². The van der Waals surface area contributed by atoms with Gasteiger partial charge in [0.25, 0.3) is 0 Å². The molecule has 35 heavy (non-hydrogen) atoms. The number of aryl methyl sites for hydroxylation is 1. The van der Waals surface area contributed by atoms with Gasteiger partial charge >= 0.3 is 6.18 Å². The SMILES string of the molecule is Cc1cc(SCc2ccccc2)ccc1Nc1ncc(C(F)(F)F)c(N2CCCC(C(F)F)C2)n1. The zero-order valence-corrected chi connectivity index (χ0v) is 19.8. The fourth-order valence-corrected chi connectivity index (χ4v) is 4.96. The molecule has 2 heterocycles. The van der Waals surface area contributed by atoms with Crippen LogP contribution >= 0.6 is 11.8 Å². The predicted octanol–water partition coefficient (Wildman–Crippen LogP) is 7.32. The van der Waals surface area contributed by atoms with Gasteiger partial charge in [-0.1, -0.05) is 30.3 Å². The van der Waals surface area contributed by atoms with Gasteiger partial charge in [-0.25, -0.2) is 13.8 Å². The lowest BCUT2D eigenvalue weighted by atomic mass is 9.98. The van der Waals surface area contributed by atoms with Crippen molar-refractivity contribution in [3.63, 3.8) is 0 Å². The third-order valence-electron chi connectivity index (χ3n) is 5.88. The minimum Gasteiger partial charge on any atom is -0.355 e. The first-order chi connectivity index (χ1) is 16.7. The van der Waals surface area contributed by atoms with Crippen molar-refractivity contribution in [2.75, 3.05) is 23.3 Å². The maximum atomic E-state index is 13.6. The molecule has 0 spiro atoms. The summed E-state index contributed by atoms with van der Waals surface area (Å²) in [4.78, 5) is 10.3. The molecule has 1 aliphatic heterocycles. The quantitative estimate of drug-likeness (QED) is 0.268. The van der Waals surface area contributed by atoms with E-state index in [2.05, 4.69) is 27.4 Å². The Hall–Kier alpha value is -2.88. The van der Waals surface area contributed by atoms with Crippen molar-refractivity contribution >= 4 is 29.2 Å². The molecule has 1 fully saturated rings. The van der Waals surface area contributed by atoms with Crippen LogP contribution in [-0.4, -0.2) is 29.5 Å². The molecule has 0 amide bonds. The van der Waals surface area contributed by atoms with Crippen LogP contribution in [0.1, 0.15) is 29.5 Å². The molecule has 3 aromatic rings. The van der Waals surface area contributed by atoms with Gasteiger partial charge in [0.2, 0.25) is 12.4 Å². The van der Waals surface area contributed by atoms with Gasteiger partial charge in [-0.2, -0.15) is 18.2 Å². The molecule has 1 N–H and O–H groups in total. The number of hydrogen-bond donors (Lipinski definition) is 1. The molecule has 4 rings (SSSR count). The summed E-state index contributed by atoms with van der Waals surface area (Å²) < 4.78 is 67.4. The molecule has 1 aliphatic rings. The summed E-state index contributed by atoms with van der Waals surface area (Å²) in [7, 11) is 0. The molecule has 1 atom stereocenters. The molecular weight excluding hydrogens is 483 g/mol. The van der Waals surface area contributed by atoms with Crippen LogP contribution in [0.4, 0.5) is 39.4 Å². The molecule has 0 radical (unpaired) electrons. The molecule has 1 unspecified atom stereocenters. The number of alkyl halides is 5. The minimum absolute atomic E-state index is 0.0139. The number of halogens is 5. The summed E-state index contributed by atoms with van der Waals surface area (Å²) in [6.45, 7) is 1.94. The fourth-order valence-electron chi connectivity index (χ4n) is 4.01. The van der Waals surface area contributed by atoms with E-state index in [1.807, 2.05) is 43.3 Å². The number of anilines is 3. The van der Waals surface area contributed by atoms with Crippen molar-refractivity contribution < 1.29 is 22.0 Å². The summed E-state index contributed by atoms with van der Waals surface area (Å²) in [6.07, 6.45) is -5.91. The number of nitrogens with one attached hydrogen (secondary N) is 1. The van der Waals surface area contributed by atoms with Crippen LogP contribution in [0.15, 0.2) is 59.6 Å². The summed E-state index contributed by atoms with van der Waals surface area (Å²) in [5.74, 6) is -0.555. The van der Waals surface area contributed by atoms with Gasteiger partial charge in [0, 0.05) is 41.5 Å². The van der Waals surface area contributed by atoms with Crippen LogP contribution in [0.3, 0.4) is 0 Å². The molecule has 10 heteroatoms. The second kappa shape index (κ2) is 10.8. The van der Waals surface area contributed by atoms with Crippen molar-refractivity contribution in [1.82, 2.24) is 9.97 Å². The van der Waals surface area contributed by atoms with Crippen molar-refractivity contribution in [1.29, 1.82) is 0 Å². The number of thioether (sulfide) groups is 1. The van der Waals surface area contributed by atoms with E-state index in [0.29, 0.717) is 12.1 Å². The van der Waals surface area contributed by atoms with E-state index in [1.54, 1.807) is 11.8 Å². The lowest BCUT2D eigenvalue weighted by Crippen LogP contribution is -2.39. The van der Waals surface area contributed by atoms with Gasteiger partial charge in [0.15, 0.2) is 0 Å². The van der Waals surface area contributed by atoms with Crippen LogP contribution in [0.25, 0.3) is 0 Å². The highest BCUT2D eigenvalue weighted by Gasteiger charge is 2.38. The Kier molecular flexibility index (Phi) is 7.78. The van der Waals surface area contributed by atoms with E-state index in [4.69, 9.17) is 0 Å². The van der Waals surface area contributed by atoms with E-state index in [1.165, 1.54) is 10.5 Å². The van der Waals surface area contributed by atoms with E-state index >= 15 is 0 Å². The van der Waals surface area contributed by atoms with Crippen LogP contribution in [-0.2, 0) is 11.9 Å². The van der Waals surface area contributed by atoms with Crippen LogP contribution in [0.2, 0.25) is 0 Å². The summed E-state index contributed by atoms with van der Waals surface area (Å²) in [6, 6.07) is 15.8. The largest absolute Gasteiger partial charge is 0.421 e. The number of piperidine rings is 1. The molecule has 0 aliphatic carbocycles. The Labute approximate surface area is 205 Å². The third kappa shape index (κ3) is 6.42. The Morgan fingerprint density at radius 1 is 1.14 bits per heavy atom. The van der Waals surface area contributed by atoms with E-state index in [0.717, 1.165) is 22.4 Å². The lowest BCUT2D eigenvalue weighted by Gasteiger charge is -2.34. The molecule has 0 saturated carbocycles. The smallest absolute Gasteiger partial charge is 0.355 e. The molecule has 2 aromatic carbocycles. The average molecular weight is 509 g/mol. The Bertz CT molecular complexity index is 1140. The van der Waals surface area contributed by atoms with Crippen molar-refractivity contribution in [2.45, 2.75) is 43.0 Å². The first-order valence-electron chi connectivity index (χ1n) is 11.2. The van der Waals surface area contributed by atoms with Gasteiger partial charge in [-0.05, 0) is 49.1 Å². The Morgan fingerprint density at radius 3 is 2.60 bits per heavy atom. The first kappa shape index (κ1) is 25.2. The number of hydrogen-bond acceptors (Lipinski definition) is 5. The van der Waals surface area contributed by atoms with Crippen LogP contribution in [0, 0.1) is 12.8 Å². The van der Waals surface area contributed by atoms with Crippen molar-refractivity contribution in [2.24, 2.45) is 5.92 Å². The van der Waals surface area contributed by atoms with Crippen molar-refractivity contribution in [3.05, 3.63) is 71.4 Å². The van der Waals surface area contributed by atoms with E-state index < -0.39 is 24.1 Å². The lowest BCUT2D eigenvalue weighted by molar-refractivity contribution is -0.137. The maximum absolute atomic E-state index is 13.6. The van der Waals surface area contributed by atoms with E-state index in [9.17, 15) is 22.0 Å². The molecule has 1 aromatic heterocycles. The summed E-state index contributed by atoms with van der Waals surface area (Å²) in [5.41, 5.74) is 1.71. The van der Waals surface area contributed by atoms with E-state index in [-0.39, 0.29) is 31.3 Å². The van der Waals surface area contributed by atoms with Crippen molar-refractivity contribution in [3.8, 4) is 0 Å². The predicted molar refractivity (Wildman–Crippen MR) is 128 cm³/mol. The number of nitrogens with zero attached hydrogens (tertiary/aromatic N) is 3. The topological polar surface area (TPSA) is 41.1 Å². The Morgan fingerprint density at radius 2 is 1.91 bits per heavy atom. The number of rotatable bonds is 7. The minimum atomic E-state index is -4.70. The highest BCUT2D eigenvalue weighted by Crippen LogP contribution is 2.38. The first-order valence-corrected chi connectivity index (χ1v) is 12.2. The standard InChI is InChI=1S/C25H25F5N4S/c1-16-12-19(35-15-17-6-3-2-4-7-17)9-10-21(16)32-24-31-13-20(25(28,29)30)23(33-24)34-11-5-8-18(14-34)22(26)27/h2-4,6-7,9-10,12-13,18,22H,5,8,11,14-15H2,1H3,(H,31,32,33). The van der Waals surface area contributed by atoms with Crippen LogP contribution in [0.5, 0.6) is 0 Å². The van der Waals surface area contributed by atoms with Gasteiger partial charge in [-0.15, -0.1) is 11.8 Å². The molecule has 1 saturated heterocycles. The normalized spacial score (nSPS) is 16.5. The number of aromatic nitrogens is 2. The fraction of sp³-hybridized carbons (Fsp3) is 0.360. The van der Waals surface area contributed by atoms with Crippen LogP contribution < -0.4 is 10.2 Å². The molecule has 186 valence electrons. The van der Waals surface area contributed by atoms with Gasteiger partial charge in [0.1, 0.15) is 11.4 Å². The average Bonchev–Trinajstić information content (AvgIpc) is 2.84. The zero-order valence-electron chi connectivity index (χ0n) is 19.0. The second-order valence-corrected chi connectivity index (χ2v) is 9.54. The monoisotopic (exact) mass is 508 g/mol. The van der Waals surface area contributed by atoms with Gasteiger partial charge in [0.05, 0.1) is 0 Å². The molecular formula is C25H25F5N4S. The molecule has 4 nitrogen and oxygen atoms in total. The Balaban J connectivity index is 1.53. The van der Waals surface area contributed by atoms with Gasteiger partial charge in [-0.3, -0.25) is 0 Å². The summed E-state index contributed by atoms with van der Waals surface area (Å²) >= 11 is 1.68.